The second kappa shape index (κ2) is 8.58. The summed E-state index contributed by atoms with van der Waals surface area (Å²) in [6.45, 7) is 6.10. The second-order valence-corrected chi connectivity index (χ2v) is 5.22. The molecule has 0 aromatic carbocycles. The average molecular weight is 253 g/mol. The van der Waals surface area contributed by atoms with Gasteiger partial charge in [0.05, 0.1) is 0 Å². The van der Waals surface area contributed by atoms with Crippen LogP contribution in [0.25, 0.3) is 0 Å². The van der Waals surface area contributed by atoms with Crippen molar-refractivity contribution in [1.82, 2.24) is 0 Å². The van der Waals surface area contributed by atoms with Crippen molar-refractivity contribution in [3.63, 3.8) is 0 Å². The Hall–Kier alpha value is -0.490. The normalized spacial score (nSPS) is 26.4. The van der Waals surface area contributed by atoms with Gasteiger partial charge in [0.2, 0.25) is 0 Å². The zero-order chi connectivity index (χ0) is 12.5. The third-order valence-electron chi connectivity index (χ3n) is 3.82. The van der Waals surface area contributed by atoms with Crippen LogP contribution in [-0.2, 0) is 0 Å². The standard InChI is InChI=1S/C16H25Cl/c1-3-5-7-15(8-6-13-17)16-11-9-14(4-2)10-12-16/h3,6-8,14,16H,1,4-5,9-13H2,2H3/b8-6-,15-7+. The fourth-order valence-corrected chi connectivity index (χ4v) is 2.76. The second-order valence-electron chi connectivity index (χ2n) is 4.91. The van der Waals surface area contributed by atoms with Crippen molar-refractivity contribution in [1.29, 1.82) is 0 Å². The summed E-state index contributed by atoms with van der Waals surface area (Å²) in [4.78, 5) is 0. The molecule has 1 saturated carbocycles. The summed E-state index contributed by atoms with van der Waals surface area (Å²) in [5.74, 6) is 2.32. The van der Waals surface area contributed by atoms with E-state index in [4.69, 9.17) is 11.6 Å². The first-order chi connectivity index (χ1) is 8.31. The van der Waals surface area contributed by atoms with Crippen molar-refractivity contribution in [2.75, 3.05) is 5.88 Å². The molecule has 0 heterocycles. The van der Waals surface area contributed by atoms with Gasteiger partial charge in [-0.3, -0.25) is 0 Å². The Kier molecular flexibility index (Phi) is 7.35. The molecule has 96 valence electrons. The summed E-state index contributed by atoms with van der Waals surface area (Å²) in [5.41, 5.74) is 1.47. The van der Waals surface area contributed by atoms with E-state index in [0.717, 1.165) is 18.3 Å². The fourth-order valence-electron chi connectivity index (χ4n) is 2.67. The molecule has 1 heteroatoms. The zero-order valence-electron chi connectivity index (χ0n) is 11.0. The fraction of sp³-hybridized carbons (Fsp3) is 0.625. The maximum atomic E-state index is 5.73. The molecule has 1 fully saturated rings. The summed E-state index contributed by atoms with van der Waals surface area (Å²) in [5, 5.41) is 0. The molecule has 17 heavy (non-hydrogen) atoms. The summed E-state index contributed by atoms with van der Waals surface area (Å²) in [6, 6.07) is 0. The van der Waals surface area contributed by atoms with Crippen LogP contribution in [0.4, 0.5) is 0 Å². The largest absolute Gasteiger partial charge is 0.122 e. The van der Waals surface area contributed by atoms with E-state index in [1.54, 1.807) is 0 Å². The summed E-state index contributed by atoms with van der Waals surface area (Å²) < 4.78 is 0. The number of hydrogen-bond donors (Lipinski definition) is 0. The number of halogens is 1. The molecule has 1 aliphatic carbocycles. The first-order valence-electron chi connectivity index (χ1n) is 6.85. The van der Waals surface area contributed by atoms with Crippen LogP contribution in [0.15, 0.2) is 36.5 Å². The molecule has 0 aliphatic heterocycles. The molecule has 0 radical (unpaired) electrons. The number of rotatable bonds is 6. The molecule has 1 aliphatic rings. The number of hydrogen-bond acceptors (Lipinski definition) is 0. The summed E-state index contributed by atoms with van der Waals surface area (Å²) in [6.07, 6.45) is 16.3. The molecular weight excluding hydrogens is 228 g/mol. The third kappa shape index (κ3) is 5.12. The van der Waals surface area contributed by atoms with Crippen LogP contribution in [0.3, 0.4) is 0 Å². The molecule has 1 rings (SSSR count). The zero-order valence-corrected chi connectivity index (χ0v) is 11.8. The van der Waals surface area contributed by atoms with E-state index in [2.05, 4.69) is 31.7 Å². The van der Waals surface area contributed by atoms with E-state index in [1.807, 2.05) is 6.08 Å². The minimum atomic E-state index is 0.607. The van der Waals surface area contributed by atoms with Gasteiger partial charge >= 0.3 is 0 Å². The van der Waals surface area contributed by atoms with Crippen molar-refractivity contribution >= 4 is 11.6 Å². The molecular formula is C16H25Cl. The lowest BCUT2D eigenvalue weighted by molar-refractivity contribution is 0.297. The Bertz CT molecular complexity index is 267. The Labute approximate surface area is 111 Å². The van der Waals surface area contributed by atoms with Crippen molar-refractivity contribution in [3.8, 4) is 0 Å². The molecule has 0 bridgehead atoms. The van der Waals surface area contributed by atoms with E-state index in [-0.39, 0.29) is 0 Å². The van der Waals surface area contributed by atoms with Gasteiger partial charge in [-0.2, -0.15) is 0 Å². The highest BCUT2D eigenvalue weighted by Gasteiger charge is 2.21. The Morgan fingerprint density at radius 2 is 2.00 bits per heavy atom. The Morgan fingerprint density at radius 1 is 1.29 bits per heavy atom. The van der Waals surface area contributed by atoms with Crippen LogP contribution in [-0.4, -0.2) is 5.88 Å². The van der Waals surface area contributed by atoms with Crippen LogP contribution >= 0.6 is 11.6 Å². The highest BCUT2D eigenvalue weighted by atomic mass is 35.5. The summed E-state index contributed by atoms with van der Waals surface area (Å²) in [7, 11) is 0. The first-order valence-corrected chi connectivity index (χ1v) is 7.38. The molecule has 0 spiro atoms. The monoisotopic (exact) mass is 252 g/mol. The maximum absolute atomic E-state index is 5.73. The minimum Gasteiger partial charge on any atom is -0.122 e. The van der Waals surface area contributed by atoms with Gasteiger partial charge in [-0.1, -0.05) is 37.6 Å². The molecule has 0 atom stereocenters. The van der Waals surface area contributed by atoms with E-state index < -0.39 is 0 Å². The first kappa shape index (κ1) is 14.6. The lowest BCUT2D eigenvalue weighted by Crippen LogP contribution is -2.15. The predicted octanol–water partition coefficient (Wildman–Crippen LogP) is 5.50. The van der Waals surface area contributed by atoms with Gasteiger partial charge in [-0.15, -0.1) is 18.2 Å². The molecule has 0 amide bonds. The Morgan fingerprint density at radius 3 is 2.53 bits per heavy atom. The van der Waals surface area contributed by atoms with Gasteiger partial charge < -0.3 is 0 Å². The van der Waals surface area contributed by atoms with Crippen molar-refractivity contribution < 1.29 is 0 Å². The van der Waals surface area contributed by atoms with Gasteiger partial charge in [0.1, 0.15) is 0 Å². The highest BCUT2D eigenvalue weighted by molar-refractivity contribution is 6.18. The molecule has 0 aromatic rings. The highest BCUT2D eigenvalue weighted by Crippen LogP contribution is 2.35. The lowest BCUT2D eigenvalue weighted by atomic mass is 9.77. The van der Waals surface area contributed by atoms with Crippen LogP contribution < -0.4 is 0 Å². The molecule has 0 N–H and O–H groups in total. The van der Waals surface area contributed by atoms with Crippen molar-refractivity contribution in [2.24, 2.45) is 11.8 Å². The van der Waals surface area contributed by atoms with Gasteiger partial charge in [-0.05, 0) is 49.5 Å². The smallest absolute Gasteiger partial charge is 0.0407 e. The van der Waals surface area contributed by atoms with Crippen LogP contribution in [0.2, 0.25) is 0 Å². The molecule has 0 saturated heterocycles. The quantitative estimate of drug-likeness (QED) is 0.333. The average Bonchev–Trinajstić information content (AvgIpc) is 2.39. The van der Waals surface area contributed by atoms with Crippen molar-refractivity contribution in [2.45, 2.75) is 45.4 Å². The van der Waals surface area contributed by atoms with Crippen LogP contribution in [0.5, 0.6) is 0 Å². The lowest BCUT2D eigenvalue weighted by Gasteiger charge is -2.28. The minimum absolute atomic E-state index is 0.607. The number of allylic oxidation sites excluding steroid dienone is 5. The van der Waals surface area contributed by atoms with Crippen molar-refractivity contribution in [3.05, 3.63) is 36.5 Å². The van der Waals surface area contributed by atoms with Gasteiger partial charge in [0, 0.05) is 5.88 Å². The van der Waals surface area contributed by atoms with Crippen LogP contribution in [0, 0.1) is 11.8 Å². The molecule has 0 nitrogen and oxygen atoms in total. The van der Waals surface area contributed by atoms with Gasteiger partial charge in [0.15, 0.2) is 0 Å². The summed E-state index contributed by atoms with van der Waals surface area (Å²) >= 11 is 5.73. The van der Waals surface area contributed by atoms with E-state index >= 15 is 0 Å². The van der Waals surface area contributed by atoms with Gasteiger partial charge in [-0.25, -0.2) is 0 Å². The van der Waals surface area contributed by atoms with Gasteiger partial charge in [0.25, 0.3) is 0 Å². The SMILES string of the molecule is C=CC/C=C(\C=C/CCl)C1CCC(CC)CC1. The van der Waals surface area contributed by atoms with E-state index in [0.29, 0.717) is 5.88 Å². The van der Waals surface area contributed by atoms with Crippen LogP contribution in [0.1, 0.15) is 45.4 Å². The molecule has 0 unspecified atom stereocenters. The molecule has 0 aromatic heterocycles. The number of alkyl halides is 1. The third-order valence-corrected chi connectivity index (χ3v) is 3.99. The predicted molar refractivity (Wildman–Crippen MR) is 78.5 cm³/mol. The van der Waals surface area contributed by atoms with E-state index in [1.165, 1.54) is 37.7 Å². The topological polar surface area (TPSA) is 0 Å². The maximum Gasteiger partial charge on any atom is 0.0407 e. The Balaban J connectivity index is 2.58. The van der Waals surface area contributed by atoms with E-state index in [9.17, 15) is 0 Å².